The summed E-state index contributed by atoms with van der Waals surface area (Å²) < 4.78 is 35.0. The third-order valence-electron chi connectivity index (χ3n) is 5.96. The topological polar surface area (TPSA) is 64.1 Å². The Morgan fingerprint density at radius 2 is 1.60 bits per heavy atom. The van der Waals surface area contributed by atoms with Gasteiger partial charge in [-0.2, -0.15) is 8.42 Å². The van der Waals surface area contributed by atoms with E-state index in [4.69, 9.17) is 0 Å². The number of nitrogens with zero attached hydrogens (tertiary/aromatic N) is 3. The van der Waals surface area contributed by atoms with E-state index in [-0.39, 0.29) is 6.04 Å². The number of hydrogen-bond acceptors (Lipinski definition) is 6. The molecule has 3 unspecified atom stereocenters. The van der Waals surface area contributed by atoms with Crippen LogP contribution in [-0.2, 0) is 10.1 Å². The minimum absolute atomic E-state index is 0.0864. The molecule has 0 aliphatic carbocycles. The second-order valence-corrected chi connectivity index (χ2v) is 10.6. The highest BCUT2D eigenvalue weighted by Gasteiger charge is 2.40. The van der Waals surface area contributed by atoms with Crippen molar-refractivity contribution in [1.29, 1.82) is 0 Å². The van der Waals surface area contributed by atoms with Crippen LogP contribution >= 0.6 is 11.8 Å². The Morgan fingerprint density at radius 1 is 1.03 bits per heavy atom. The van der Waals surface area contributed by atoms with Crippen molar-refractivity contribution < 1.29 is 13.0 Å². The van der Waals surface area contributed by atoms with Gasteiger partial charge < -0.3 is 9.80 Å². The zero-order valence-electron chi connectivity index (χ0n) is 17.3. The summed E-state index contributed by atoms with van der Waals surface area (Å²) in [4.78, 5) is 8.31. The van der Waals surface area contributed by atoms with E-state index in [0.29, 0.717) is 13.0 Å². The maximum absolute atomic E-state index is 12.4. The lowest BCUT2D eigenvalue weighted by Crippen LogP contribution is -2.57. The molecular weight excluding hydrogens is 418 g/mol. The molecule has 0 fully saturated rings. The lowest BCUT2D eigenvalue weighted by Gasteiger charge is -2.44. The quantitative estimate of drug-likeness (QED) is 0.697. The molecule has 0 saturated carbocycles. The monoisotopic (exact) mass is 445 g/mol. The first-order valence-electron chi connectivity index (χ1n) is 9.99. The van der Waals surface area contributed by atoms with Crippen molar-refractivity contribution in [3.63, 3.8) is 0 Å². The van der Waals surface area contributed by atoms with E-state index in [9.17, 15) is 13.0 Å². The summed E-state index contributed by atoms with van der Waals surface area (Å²) in [5.41, 5.74) is 2.13. The van der Waals surface area contributed by atoms with E-state index < -0.39 is 21.5 Å². The van der Waals surface area contributed by atoms with Gasteiger partial charge in [0.15, 0.2) is 0 Å². The van der Waals surface area contributed by atoms with Crippen molar-refractivity contribution in [3.05, 3.63) is 60.8 Å². The standard InChI is InChI=1S/C22H27N3O3S2/c1-16-12-14-23(2)22(24(16)3)21(30(26,27)28)13-15-25-17-8-4-6-10-19(17)29-20-11-7-5-9-18(20)25/h4-12,14,16,21-22H,13,15H2,1-3H3,(H,26,27,28). The van der Waals surface area contributed by atoms with Crippen molar-refractivity contribution in [1.82, 2.24) is 9.80 Å². The van der Waals surface area contributed by atoms with Gasteiger partial charge in [0, 0.05) is 29.4 Å². The number of para-hydroxylation sites is 2. The lowest BCUT2D eigenvalue weighted by atomic mass is 10.1. The molecule has 0 aromatic heterocycles. The molecule has 2 aliphatic rings. The molecule has 1 N–H and O–H groups in total. The zero-order chi connectivity index (χ0) is 21.5. The summed E-state index contributed by atoms with van der Waals surface area (Å²) >= 11 is 1.72. The van der Waals surface area contributed by atoms with Crippen LogP contribution in [0.4, 0.5) is 11.4 Å². The van der Waals surface area contributed by atoms with Crippen LogP contribution in [0.5, 0.6) is 0 Å². The molecule has 8 heteroatoms. The maximum atomic E-state index is 12.4. The highest BCUT2D eigenvalue weighted by Crippen LogP contribution is 2.48. The van der Waals surface area contributed by atoms with Crippen LogP contribution in [0.15, 0.2) is 70.6 Å². The third-order valence-corrected chi connectivity index (χ3v) is 8.34. The molecule has 2 aromatic rings. The third kappa shape index (κ3) is 3.97. The Bertz CT molecular complexity index is 1010. The van der Waals surface area contributed by atoms with E-state index in [1.54, 1.807) is 11.8 Å². The molecule has 0 spiro atoms. The molecule has 2 heterocycles. The zero-order valence-corrected chi connectivity index (χ0v) is 19.0. The van der Waals surface area contributed by atoms with Gasteiger partial charge in [0.1, 0.15) is 11.4 Å². The van der Waals surface area contributed by atoms with Crippen molar-refractivity contribution in [2.24, 2.45) is 0 Å². The van der Waals surface area contributed by atoms with Gasteiger partial charge in [-0.1, -0.05) is 42.1 Å². The predicted molar refractivity (Wildman–Crippen MR) is 122 cm³/mol. The van der Waals surface area contributed by atoms with Gasteiger partial charge in [0.2, 0.25) is 0 Å². The molecule has 30 heavy (non-hydrogen) atoms. The number of hydrogen-bond donors (Lipinski definition) is 1. The Labute approximate surface area is 182 Å². The molecule has 160 valence electrons. The van der Waals surface area contributed by atoms with Crippen molar-refractivity contribution in [3.8, 4) is 0 Å². The Balaban J connectivity index is 1.66. The minimum Gasteiger partial charge on any atom is -0.364 e. The summed E-state index contributed by atoms with van der Waals surface area (Å²) in [6.45, 7) is 2.50. The van der Waals surface area contributed by atoms with Gasteiger partial charge in [0.25, 0.3) is 10.1 Å². The molecule has 4 rings (SSSR count). The van der Waals surface area contributed by atoms with Gasteiger partial charge in [0.05, 0.1) is 11.4 Å². The van der Waals surface area contributed by atoms with E-state index in [1.165, 1.54) is 0 Å². The molecule has 0 bridgehead atoms. The smallest absolute Gasteiger partial charge is 0.271 e. The molecule has 0 amide bonds. The first-order chi connectivity index (χ1) is 14.3. The lowest BCUT2D eigenvalue weighted by molar-refractivity contribution is 0.0770. The summed E-state index contributed by atoms with van der Waals surface area (Å²) in [6.07, 6.45) is 3.78. The summed E-state index contributed by atoms with van der Waals surface area (Å²) in [6, 6.07) is 16.4. The van der Waals surface area contributed by atoms with Crippen LogP contribution in [-0.4, -0.2) is 60.9 Å². The van der Waals surface area contributed by atoms with Crippen LogP contribution in [0.25, 0.3) is 0 Å². The number of rotatable bonds is 5. The highest BCUT2D eigenvalue weighted by molar-refractivity contribution is 7.99. The first kappa shape index (κ1) is 21.2. The predicted octanol–water partition coefficient (Wildman–Crippen LogP) is 4.04. The highest BCUT2D eigenvalue weighted by atomic mass is 32.2. The molecule has 2 aliphatic heterocycles. The van der Waals surface area contributed by atoms with Crippen molar-refractivity contribution in [2.45, 2.75) is 40.6 Å². The fourth-order valence-corrected chi connectivity index (χ4v) is 6.46. The Kier molecular flexibility index (Phi) is 5.85. The summed E-state index contributed by atoms with van der Waals surface area (Å²) in [5.74, 6) is 0. The van der Waals surface area contributed by atoms with Crippen LogP contribution in [0.3, 0.4) is 0 Å². The van der Waals surface area contributed by atoms with Gasteiger partial charge >= 0.3 is 0 Å². The van der Waals surface area contributed by atoms with Crippen molar-refractivity contribution >= 4 is 33.3 Å². The molecule has 0 saturated heterocycles. The normalized spacial score (nSPS) is 22.5. The average molecular weight is 446 g/mol. The maximum Gasteiger partial charge on any atom is 0.271 e. The minimum atomic E-state index is -4.26. The number of likely N-dealkylation sites (N-methyl/N-ethyl adjacent to an activating group) is 1. The van der Waals surface area contributed by atoms with E-state index in [2.05, 4.69) is 29.2 Å². The molecule has 0 radical (unpaired) electrons. The summed E-state index contributed by atoms with van der Waals surface area (Å²) in [5, 5.41) is -0.936. The van der Waals surface area contributed by atoms with Crippen LogP contribution in [0.2, 0.25) is 0 Å². The van der Waals surface area contributed by atoms with Crippen LogP contribution in [0, 0.1) is 0 Å². The van der Waals surface area contributed by atoms with Gasteiger partial charge in [-0.3, -0.25) is 9.45 Å². The second-order valence-electron chi connectivity index (χ2n) is 7.86. The molecule has 6 nitrogen and oxygen atoms in total. The molecule has 3 atom stereocenters. The van der Waals surface area contributed by atoms with Crippen molar-refractivity contribution in [2.75, 3.05) is 25.5 Å². The number of benzene rings is 2. The Morgan fingerprint density at radius 3 is 2.17 bits per heavy atom. The SMILES string of the molecule is CC1C=CN(C)C(C(CCN2c3ccccc3Sc3ccccc32)S(=O)(=O)O)N1C. The number of anilines is 2. The largest absolute Gasteiger partial charge is 0.364 e. The molecule has 2 aromatic carbocycles. The van der Waals surface area contributed by atoms with Gasteiger partial charge in [-0.25, -0.2) is 0 Å². The van der Waals surface area contributed by atoms with E-state index in [1.807, 2.05) is 67.4 Å². The Hall–Kier alpha value is -2.00. The van der Waals surface area contributed by atoms with Crippen LogP contribution < -0.4 is 4.90 Å². The second kappa shape index (κ2) is 8.26. The number of fused-ring (bicyclic) bond motifs is 2. The van der Waals surface area contributed by atoms with Crippen LogP contribution in [0.1, 0.15) is 13.3 Å². The first-order valence-corrected chi connectivity index (χ1v) is 12.3. The van der Waals surface area contributed by atoms with E-state index in [0.717, 1.165) is 21.2 Å². The molecular formula is C22H27N3O3S2. The average Bonchev–Trinajstić information content (AvgIpc) is 2.71. The van der Waals surface area contributed by atoms with Gasteiger partial charge in [-0.15, -0.1) is 0 Å². The summed E-state index contributed by atoms with van der Waals surface area (Å²) in [7, 11) is -0.509. The fraction of sp³-hybridized carbons (Fsp3) is 0.364. The fourth-order valence-electron chi connectivity index (χ4n) is 4.27. The van der Waals surface area contributed by atoms with E-state index >= 15 is 0 Å². The van der Waals surface area contributed by atoms with Gasteiger partial charge in [-0.05, 0) is 50.9 Å².